The second-order valence-corrected chi connectivity index (χ2v) is 11.5. The Labute approximate surface area is 225 Å². The quantitative estimate of drug-likeness (QED) is 0.430. The molecular weight excluding hydrogens is 489 g/mol. The predicted molar refractivity (Wildman–Crippen MR) is 149 cm³/mol. The standard InChI is InChI=1S/C29H39F3N4O.CH4/c1-28(2,3)22-5-7-25(8-6-22)35-16-11-21(12-17-35)4-9-27(37)36-18-13-23(14-19-36)34-24-10-15-33-26(20-24)29(30,31)32;/h5-8,10,15,20-21,23H,4,9,11-14,16-19H2,1-3H3,(H,33,34);1H4. The lowest BCUT2D eigenvalue weighted by molar-refractivity contribution is -0.141. The van der Waals surface area contributed by atoms with E-state index >= 15 is 0 Å². The molecule has 38 heavy (non-hydrogen) atoms. The van der Waals surface area contributed by atoms with Crippen LogP contribution in [0.25, 0.3) is 0 Å². The molecular formula is C30H43F3N4O. The van der Waals surface area contributed by atoms with Gasteiger partial charge in [-0.05, 0) is 73.3 Å². The number of alkyl halides is 3. The highest BCUT2D eigenvalue weighted by atomic mass is 19.4. The maximum absolute atomic E-state index is 12.9. The zero-order chi connectivity index (χ0) is 26.6. The molecule has 1 aromatic heterocycles. The number of nitrogens with zero attached hydrogens (tertiary/aromatic N) is 3. The van der Waals surface area contributed by atoms with Gasteiger partial charge in [-0.2, -0.15) is 13.2 Å². The van der Waals surface area contributed by atoms with Gasteiger partial charge < -0.3 is 15.1 Å². The lowest BCUT2D eigenvalue weighted by atomic mass is 9.87. The summed E-state index contributed by atoms with van der Waals surface area (Å²) in [5.41, 5.74) is 2.31. The van der Waals surface area contributed by atoms with Crippen molar-refractivity contribution in [1.82, 2.24) is 9.88 Å². The van der Waals surface area contributed by atoms with Crippen LogP contribution < -0.4 is 10.2 Å². The fourth-order valence-corrected chi connectivity index (χ4v) is 5.32. The molecule has 3 heterocycles. The normalized spacial score (nSPS) is 17.7. The molecule has 0 bridgehead atoms. The highest BCUT2D eigenvalue weighted by Gasteiger charge is 2.33. The van der Waals surface area contributed by atoms with E-state index in [1.807, 2.05) is 4.90 Å². The fourth-order valence-electron chi connectivity index (χ4n) is 5.32. The summed E-state index contributed by atoms with van der Waals surface area (Å²) in [5.74, 6) is 0.768. The topological polar surface area (TPSA) is 48.5 Å². The van der Waals surface area contributed by atoms with Gasteiger partial charge in [0.05, 0.1) is 0 Å². The van der Waals surface area contributed by atoms with Crippen molar-refractivity contribution in [3.8, 4) is 0 Å². The lowest BCUT2D eigenvalue weighted by Gasteiger charge is -2.35. The number of pyridine rings is 1. The second kappa shape index (κ2) is 12.4. The SMILES string of the molecule is C.CC(C)(C)c1ccc(N2CCC(CCC(=O)N3CCC(Nc4ccnc(C(F)(F)F)c4)CC3)CC2)cc1. The molecule has 2 aliphatic rings. The van der Waals surface area contributed by atoms with Crippen LogP contribution in [0.3, 0.4) is 0 Å². The third kappa shape index (κ3) is 7.87. The van der Waals surface area contributed by atoms with Crippen molar-refractivity contribution >= 4 is 17.3 Å². The molecule has 0 aliphatic carbocycles. The van der Waals surface area contributed by atoms with Crippen LogP contribution in [-0.2, 0) is 16.4 Å². The van der Waals surface area contributed by atoms with E-state index in [-0.39, 0.29) is 24.8 Å². The van der Waals surface area contributed by atoms with Crippen molar-refractivity contribution in [3.05, 3.63) is 53.9 Å². The van der Waals surface area contributed by atoms with Gasteiger partial charge in [0.1, 0.15) is 5.69 Å². The number of hydrogen-bond acceptors (Lipinski definition) is 4. The number of halogens is 3. The minimum Gasteiger partial charge on any atom is -0.382 e. The van der Waals surface area contributed by atoms with Crippen molar-refractivity contribution < 1.29 is 18.0 Å². The molecule has 0 radical (unpaired) electrons. The Bertz CT molecular complexity index is 1030. The molecule has 2 saturated heterocycles. The van der Waals surface area contributed by atoms with Crippen molar-refractivity contribution in [2.24, 2.45) is 5.92 Å². The first kappa shape index (κ1) is 29.8. The van der Waals surface area contributed by atoms with E-state index in [1.54, 1.807) is 6.07 Å². The molecule has 2 aliphatic heterocycles. The van der Waals surface area contributed by atoms with E-state index in [9.17, 15) is 18.0 Å². The van der Waals surface area contributed by atoms with Crippen molar-refractivity contribution in [2.75, 3.05) is 36.4 Å². The van der Waals surface area contributed by atoms with Gasteiger partial charge in [-0.25, -0.2) is 0 Å². The largest absolute Gasteiger partial charge is 0.433 e. The Balaban J connectivity index is 0.00000400. The number of piperidine rings is 2. The molecule has 0 spiro atoms. The minimum absolute atomic E-state index is 0. The van der Waals surface area contributed by atoms with Gasteiger partial charge in [0.2, 0.25) is 5.91 Å². The van der Waals surface area contributed by atoms with Crippen LogP contribution in [0.2, 0.25) is 0 Å². The van der Waals surface area contributed by atoms with Crippen LogP contribution >= 0.6 is 0 Å². The Morgan fingerprint density at radius 1 is 0.974 bits per heavy atom. The first-order valence-corrected chi connectivity index (χ1v) is 13.4. The van der Waals surface area contributed by atoms with Crippen molar-refractivity contribution in [2.45, 2.75) is 84.4 Å². The Morgan fingerprint density at radius 2 is 1.61 bits per heavy atom. The van der Waals surface area contributed by atoms with Crippen LogP contribution in [0.5, 0.6) is 0 Å². The summed E-state index contributed by atoms with van der Waals surface area (Å²) in [6, 6.07) is 11.6. The summed E-state index contributed by atoms with van der Waals surface area (Å²) in [6.07, 6.45) is 1.87. The monoisotopic (exact) mass is 532 g/mol. The number of nitrogens with one attached hydrogen (secondary N) is 1. The number of rotatable bonds is 6. The summed E-state index contributed by atoms with van der Waals surface area (Å²) in [4.78, 5) is 20.6. The zero-order valence-electron chi connectivity index (χ0n) is 22.2. The molecule has 0 atom stereocenters. The number of anilines is 2. The summed E-state index contributed by atoms with van der Waals surface area (Å²) in [6.45, 7) is 10.0. The predicted octanol–water partition coefficient (Wildman–Crippen LogP) is 7.13. The first-order valence-electron chi connectivity index (χ1n) is 13.4. The highest BCUT2D eigenvalue weighted by Crippen LogP contribution is 2.31. The molecule has 8 heteroatoms. The maximum Gasteiger partial charge on any atom is 0.433 e. The summed E-state index contributed by atoms with van der Waals surface area (Å²) in [5, 5.41) is 3.18. The van der Waals surface area contributed by atoms with Crippen LogP contribution in [0, 0.1) is 5.92 Å². The molecule has 2 fully saturated rings. The van der Waals surface area contributed by atoms with Gasteiger partial charge in [0.15, 0.2) is 0 Å². The molecule has 0 saturated carbocycles. The number of amides is 1. The molecule has 5 nitrogen and oxygen atoms in total. The van der Waals surface area contributed by atoms with E-state index in [0.29, 0.717) is 31.1 Å². The maximum atomic E-state index is 12.9. The van der Waals surface area contributed by atoms with Crippen LogP contribution in [0.15, 0.2) is 42.6 Å². The van der Waals surface area contributed by atoms with Crippen LogP contribution in [0.4, 0.5) is 24.5 Å². The van der Waals surface area contributed by atoms with Crippen molar-refractivity contribution in [1.29, 1.82) is 0 Å². The smallest absolute Gasteiger partial charge is 0.382 e. The molecule has 1 aromatic carbocycles. The van der Waals surface area contributed by atoms with Gasteiger partial charge in [0, 0.05) is 56.2 Å². The van der Waals surface area contributed by atoms with Gasteiger partial charge in [-0.3, -0.25) is 9.78 Å². The molecule has 4 rings (SSSR count). The summed E-state index contributed by atoms with van der Waals surface area (Å²) in [7, 11) is 0. The van der Waals surface area contributed by atoms with Gasteiger partial charge in [-0.1, -0.05) is 40.3 Å². The zero-order valence-corrected chi connectivity index (χ0v) is 22.2. The number of aromatic nitrogens is 1. The Morgan fingerprint density at radius 3 is 2.18 bits per heavy atom. The van der Waals surface area contributed by atoms with Crippen molar-refractivity contribution in [3.63, 3.8) is 0 Å². The van der Waals surface area contributed by atoms with Crippen LogP contribution in [-0.4, -0.2) is 48.0 Å². The minimum atomic E-state index is -4.46. The Hall–Kier alpha value is -2.77. The number of benzene rings is 1. The fraction of sp³-hybridized carbons (Fsp3) is 0.600. The molecule has 210 valence electrons. The van der Waals surface area contributed by atoms with E-state index in [2.05, 4.69) is 60.2 Å². The lowest BCUT2D eigenvalue weighted by Crippen LogP contribution is -2.42. The van der Waals surface area contributed by atoms with E-state index in [0.717, 1.165) is 51.3 Å². The van der Waals surface area contributed by atoms with Gasteiger partial charge in [0.25, 0.3) is 0 Å². The van der Waals surface area contributed by atoms with E-state index in [1.165, 1.54) is 17.4 Å². The number of likely N-dealkylation sites (tertiary alicyclic amines) is 1. The summed E-state index contributed by atoms with van der Waals surface area (Å²) >= 11 is 0. The third-order valence-corrected chi connectivity index (χ3v) is 7.75. The Kier molecular flexibility index (Phi) is 9.71. The average molecular weight is 533 g/mol. The number of carbonyl (C=O) groups is 1. The average Bonchev–Trinajstić information content (AvgIpc) is 2.87. The molecule has 1 amide bonds. The summed E-state index contributed by atoms with van der Waals surface area (Å²) < 4.78 is 38.7. The number of carbonyl (C=O) groups excluding carboxylic acids is 1. The van der Waals surface area contributed by atoms with E-state index < -0.39 is 11.9 Å². The van der Waals surface area contributed by atoms with Crippen LogP contribution in [0.1, 0.15) is 78.0 Å². The molecule has 0 unspecified atom stereocenters. The van der Waals surface area contributed by atoms with E-state index in [4.69, 9.17) is 0 Å². The highest BCUT2D eigenvalue weighted by molar-refractivity contribution is 5.76. The third-order valence-electron chi connectivity index (χ3n) is 7.75. The molecule has 1 N–H and O–H groups in total. The first-order chi connectivity index (χ1) is 17.5. The number of hydrogen-bond donors (Lipinski definition) is 1. The second-order valence-electron chi connectivity index (χ2n) is 11.5. The van der Waals surface area contributed by atoms with Gasteiger partial charge >= 0.3 is 6.18 Å². The van der Waals surface area contributed by atoms with Gasteiger partial charge in [-0.15, -0.1) is 0 Å². The molecule has 2 aromatic rings.